The zero-order chi connectivity index (χ0) is 7.97. The third-order valence-corrected chi connectivity index (χ3v) is 4.02. The van der Waals surface area contributed by atoms with Gasteiger partial charge in [-0.3, -0.25) is 4.90 Å². The van der Waals surface area contributed by atoms with E-state index in [-0.39, 0.29) is 0 Å². The number of hydrogen-bond donors (Lipinski definition) is 1. The summed E-state index contributed by atoms with van der Waals surface area (Å²) in [4.78, 5) is 2.75. The van der Waals surface area contributed by atoms with Crippen LogP contribution in [-0.2, 0) is 0 Å². The van der Waals surface area contributed by atoms with E-state index in [0.29, 0.717) is 0 Å². The van der Waals surface area contributed by atoms with E-state index in [1.54, 1.807) is 0 Å². The van der Waals surface area contributed by atoms with Crippen LogP contribution in [0.3, 0.4) is 0 Å². The fourth-order valence-electron chi connectivity index (χ4n) is 3.43. The summed E-state index contributed by atoms with van der Waals surface area (Å²) in [7, 11) is 0. The molecular weight excluding hydrogens is 148 g/mol. The predicted molar refractivity (Wildman–Crippen MR) is 49.1 cm³/mol. The lowest BCUT2D eigenvalue weighted by molar-refractivity contribution is 0.172. The lowest BCUT2D eigenvalue weighted by Crippen LogP contribution is -2.39. The minimum atomic E-state index is 0.957. The maximum Gasteiger partial charge on any atom is 0.0139 e. The van der Waals surface area contributed by atoms with E-state index in [1.807, 2.05) is 0 Å². The molecule has 0 aromatic heterocycles. The smallest absolute Gasteiger partial charge is 0.0139 e. The second-order valence-electron chi connectivity index (χ2n) is 4.64. The first-order valence-corrected chi connectivity index (χ1v) is 5.40. The van der Waals surface area contributed by atoms with E-state index in [2.05, 4.69) is 10.2 Å². The Hall–Kier alpha value is -0.0800. The first kappa shape index (κ1) is 7.34. The maximum absolute atomic E-state index is 3.53. The molecular formula is C10H18N2. The van der Waals surface area contributed by atoms with Crippen LogP contribution >= 0.6 is 0 Å². The van der Waals surface area contributed by atoms with Gasteiger partial charge in [0.2, 0.25) is 0 Å². The molecule has 3 fully saturated rings. The van der Waals surface area contributed by atoms with Crippen LogP contribution < -0.4 is 5.32 Å². The fourth-order valence-corrected chi connectivity index (χ4v) is 3.43. The third kappa shape index (κ3) is 0.944. The van der Waals surface area contributed by atoms with Gasteiger partial charge < -0.3 is 5.32 Å². The van der Waals surface area contributed by atoms with Crippen molar-refractivity contribution in [2.45, 2.75) is 25.3 Å². The lowest BCUT2D eigenvalue weighted by atomic mass is 9.90. The molecule has 0 aromatic rings. The molecule has 0 saturated carbocycles. The average Bonchev–Trinajstić information content (AvgIpc) is 2.62. The summed E-state index contributed by atoms with van der Waals surface area (Å²) < 4.78 is 0. The normalized spacial score (nSPS) is 47.5. The summed E-state index contributed by atoms with van der Waals surface area (Å²) in [5, 5.41) is 3.53. The van der Waals surface area contributed by atoms with Crippen LogP contribution in [0, 0.1) is 11.8 Å². The van der Waals surface area contributed by atoms with Crippen molar-refractivity contribution in [3.05, 3.63) is 0 Å². The van der Waals surface area contributed by atoms with Crippen molar-refractivity contribution < 1.29 is 0 Å². The molecule has 12 heavy (non-hydrogen) atoms. The van der Waals surface area contributed by atoms with E-state index in [1.165, 1.54) is 45.4 Å². The molecule has 1 N–H and O–H groups in total. The van der Waals surface area contributed by atoms with Gasteiger partial charge in [-0.05, 0) is 44.3 Å². The Morgan fingerprint density at radius 2 is 2.17 bits per heavy atom. The Morgan fingerprint density at radius 3 is 3.17 bits per heavy atom. The lowest BCUT2D eigenvalue weighted by Gasteiger charge is -2.31. The van der Waals surface area contributed by atoms with Gasteiger partial charge in [0.25, 0.3) is 0 Å². The molecule has 0 radical (unpaired) electrons. The van der Waals surface area contributed by atoms with Crippen LogP contribution in [0.1, 0.15) is 19.3 Å². The summed E-state index contributed by atoms with van der Waals surface area (Å²) in [6.07, 6.45) is 4.40. The Bertz CT molecular complexity index is 181. The first-order valence-electron chi connectivity index (χ1n) is 5.40. The van der Waals surface area contributed by atoms with E-state index >= 15 is 0 Å². The summed E-state index contributed by atoms with van der Waals surface area (Å²) in [6, 6.07) is 0.957. The third-order valence-electron chi connectivity index (χ3n) is 4.02. The summed E-state index contributed by atoms with van der Waals surface area (Å²) in [5.74, 6) is 2.00. The Morgan fingerprint density at radius 1 is 1.17 bits per heavy atom. The molecule has 2 nitrogen and oxygen atoms in total. The Kier molecular flexibility index (Phi) is 1.66. The van der Waals surface area contributed by atoms with Crippen LogP contribution in [0.15, 0.2) is 0 Å². The van der Waals surface area contributed by atoms with Crippen LogP contribution in [0.5, 0.6) is 0 Å². The molecule has 3 aliphatic heterocycles. The van der Waals surface area contributed by atoms with Gasteiger partial charge in [0.1, 0.15) is 0 Å². The van der Waals surface area contributed by atoms with E-state index in [4.69, 9.17) is 0 Å². The largest absolute Gasteiger partial charge is 0.316 e. The SMILES string of the molecule is C1CCN2C[C@H]3CNC[C@H]3[C@@H]2C1. The zero-order valence-electron chi connectivity index (χ0n) is 7.63. The van der Waals surface area contributed by atoms with E-state index < -0.39 is 0 Å². The molecule has 3 saturated heterocycles. The summed E-state index contributed by atoms with van der Waals surface area (Å²) in [5.41, 5.74) is 0. The van der Waals surface area contributed by atoms with Crippen LogP contribution in [0.25, 0.3) is 0 Å². The number of piperidine rings is 1. The van der Waals surface area contributed by atoms with Gasteiger partial charge in [-0.15, -0.1) is 0 Å². The molecule has 2 heteroatoms. The van der Waals surface area contributed by atoms with Crippen molar-refractivity contribution >= 4 is 0 Å². The monoisotopic (exact) mass is 166 g/mol. The quantitative estimate of drug-likeness (QED) is 0.569. The minimum Gasteiger partial charge on any atom is -0.316 e. The van der Waals surface area contributed by atoms with Crippen molar-refractivity contribution in [2.75, 3.05) is 26.2 Å². The maximum atomic E-state index is 3.53. The van der Waals surface area contributed by atoms with Crippen LogP contribution in [0.4, 0.5) is 0 Å². The van der Waals surface area contributed by atoms with E-state index in [9.17, 15) is 0 Å². The van der Waals surface area contributed by atoms with Gasteiger partial charge in [0, 0.05) is 12.6 Å². The molecule has 0 bridgehead atoms. The number of rotatable bonds is 0. The highest BCUT2D eigenvalue weighted by molar-refractivity contribution is 4.99. The topological polar surface area (TPSA) is 15.3 Å². The molecule has 3 heterocycles. The van der Waals surface area contributed by atoms with Crippen LogP contribution in [0.2, 0.25) is 0 Å². The van der Waals surface area contributed by atoms with Crippen LogP contribution in [-0.4, -0.2) is 37.1 Å². The number of nitrogens with one attached hydrogen (secondary N) is 1. The molecule has 3 aliphatic rings. The number of hydrogen-bond acceptors (Lipinski definition) is 2. The minimum absolute atomic E-state index is 0.957. The summed E-state index contributed by atoms with van der Waals surface area (Å²) in [6.45, 7) is 5.36. The predicted octanol–water partition coefficient (Wildman–Crippen LogP) is 0.690. The highest BCUT2D eigenvalue weighted by Gasteiger charge is 2.44. The van der Waals surface area contributed by atoms with Crippen molar-refractivity contribution in [1.82, 2.24) is 10.2 Å². The molecule has 3 atom stereocenters. The van der Waals surface area contributed by atoms with Crippen molar-refractivity contribution in [3.8, 4) is 0 Å². The molecule has 0 aromatic carbocycles. The van der Waals surface area contributed by atoms with Crippen molar-refractivity contribution in [1.29, 1.82) is 0 Å². The molecule has 0 spiro atoms. The van der Waals surface area contributed by atoms with Gasteiger partial charge in [-0.2, -0.15) is 0 Å². The second kappa shape index (κ2) is 2.71. The van der Waals surface area contributed by atoms with E-state index in [0.717, 1.165) is 17.9 Å². The van der Waals surface area contributed by atoms with Gasteiger partial charge in [0.05, 0.1) is 0 Å². The second-order valence-corrected chi connectivity index (χ2v) is 4.64. The standard InChI is InChI=1S/C10H18N2/c1-2-4-12-7-8-5-11-6-9(8)10(12)3-1/h8-11H,1-7H2/t8-,9-,10+/m1/s1. The van der Waals surface area contributed by atoms with Gasteiger partial charge in [0.15, 0.2) is 0 Å². The first-order chi connectivity index (χ1) is 5.95. The van der Waals surface area contributed by atoms with Gasteiger partial charge >= 0.3 is 0 Å². The molecule has 3 rings (SSSR count). The van der Waals surface area contributed by atoms with Crippen molar-refractivity contribution in [2.24, 2.45) is 11.8 Å². The Labute approximate surface area is 74.3 Å². The molecule has 0 aliphatic carbocycles. The van der Waals surface area contributed by atoms with Gasteiger partial charge in [-0.1, -0.05) is 6.42 Å². The van der Waals surface area contributed by atoms with Crippen molar-refractivity contribution in [3.63, 3.8) is 0 Å². The Balaban J connectivity index is 1.79. The molecule has 68 valence electrons. The molecule has 0 amide bonds. The van der Waals surface area contributed by atoms with Gasteiger partial charge in [-0.25, -0.2) is 0 Å². The summed E-state index contributed by atoms with van der Waals surface area (Å²) >= 11 is 0. The number of fused-ring (bicyclic) bond motifs is 3. The molecule has 0 unspecified atom stereocenters. The highest BCUT2D eigenvalue weighted by Crippen LogP contribution is 2.37. The zero-order valence-corrected chi connectivity index (χ0v) is 7.63. The fraction of sp³-hybridized carbons (Fsp3) is 1.00. The number of nitrogens with zero attached hydrogens (tertiary/aromatic N) is 1. The average molecular weight is 166 g/mol. The highest BCUT2D eigenvalue weighted by atomic mass is 15.2.